The standard InChI is InChI=1S/C11H20N2S/c1-8-6-14-7-11(8)13-4-9-2-12-3-10(9)5-13/h8-12H,2-7H2,1H3. The van der Waals surface area contributed by atoms with Crippen LogP contribution >= 0.6 is 11.8 Å². The maximum atomic E-state index is 3.51. The van der Waals surface area contributed by atoms with Crippen molar-refractivity contribution in [2.24, 2.45) is 17.8 Å². The molecule has 14 heavy (non-hydrogen) atoms. The van der Waals surface area contributed by atoms with Crippen molar-refractivity contribution in [1.29, 1.82) is 0 Å². The third-order valence-electron chi connectivity index (χ3n) is 4.21. The van der Waals surface area contributed by atoms with Crippen molar-refractivity contribution in [2.45, 2.75) is 13.0 Å². The molecule has 0 aromatic rings. The highest BCUT2D eigenvalue weighted by Gasteiger charge is 2.41. The summed E-state index contributed by atoms with van der Waals surface area (Å²) in [6.45, 7) is 7.71. The molecule has 3 aliphatic heterocycles. The van der Waals surface area contributed by atoms with Gasteiger partial charge in [0.1, 0.15) is 0 Å². The molecule has 4 unspecified atom stereocenters. The first-order valence-corrected chi connectivity index (χ1v) is 7.02. The van der Waals surface area contributed by atoms with Crippen molar-refractivity contribution in [3.63, 3.8) is 0 Å². The third-order valence-corrected chi connectivity index (χ3v) is 5.55. The van der Waals surface area contributed by atoms with Crippen LogP contribution < -0.4 is 5.32 Å². The van der Waals surface area contributed by atoms with Gasteiger partial charge in [0.25, 0.3) is 0 Å². The summed E-state index contributed by atoms with van der Waals surface area (Å²) in [6, 6.07) is 0.894. The van der Waals surface area contributed by atoms with E-state index in [1.165, 1.54) is 37.7 Å². The minimum absolute atomic E-state index is 0.894. The molecule has 0 radical (unpaired) electrons. The predicted molar refractivity (Wildman–Crippen MR) is 61.7 cm³/mol. The van der Waals surface area contributed by atoms with Gasteiger partial charge >= 0.3 is 0 Å². The highest BCUT2D eigenvalue weighted by atomic mass is 32.2. The van der Waals surface area contributed by atoms with Crippen molar-refractivity contribution in [3.8, 4) is 0 Å². The Morgan fingerprint density at radius 3 is 2.43 bits per heavy atom. The minimum atomic E-state index is 0.894. The summed E-state index contributed by atoms with van der Waals surface area (Å²) in [6.07, 6.45) is 0. The fourth-order valence-corrected chi connectivity index (χ4v) is 4.79. The number of nitrogens with zero attached hydrogens (tertiary/aromatic N) is 1. The van der Waals surface area contributed by atoms with E-state index in [4.69, 9.17) is 0 Å². The Bertz CT molecular complexity index is 209. The molecule has 0 bridgehead atoms. The molecular formula is C11H20N2S. The summed E-state index contributed by atoms with van der Waals surface area (Å²) in [5.41, 5.74) is 0. The monoisotopic (exact) mass is 212 g/mol. The Morgan fingerprint density at radius 2 is 1.86 bits per heavy atom. The minimum Gasteiger partial charge on any atom is -0.316 e. The molecule has 3 rings (SSSR count). The van der Waals surface area contributed by atoms with Crippen molar-refractivity contribution in [3.05, 3.63) is 0 Å². The van der Waals surface area contributed by atoms with Crippen molar-refractivity contribution < 1.29 is 0 Å². The third kappa shape index (κ3) is 1.50. The Labute approximate surface area is 90.8 Å². The van der Waals surface area contributed by atoms with E-state index in [9.17, 15) is 0 Å². The SMILES string of the molecule is CC1CSCC1N1CC2CNCC2C1. The van der Waals surface area contributed by atoms with Gasteiger partial charge in [-0.3, -0.25) is 4.90 Å². The molecule has 0 aromatic heterocycles. The first kappa shape index (κ1) is 9.49. The number of thioether (sulfide) groups is 1. The van der Waals surface area contributed by atoms with Crippen molar-refractivity contribution >= 4 is 11.8 Å². The normalized spacial score (nSPS) is 48.6. The summed E-state index contributed by atoms with van der Waals surface area (Å²) in [5.74, 6) is 5.62. The van der Waals surface area contributed by atoms with Gasteiger partial charge in [0.05, 0.1) is 0 Å². The van der Waals surface area contributed by atoms with Crippen LogP contribution in [-0.2, 0) is 0 Å². The Hall–Kier alpha value is 0.270. The van der Waals surface area contributed by atoms with Crippen molar-refractivity contribution in [2.75, 3.05) is 37.7 Å². The second-order valence-electron chi connectivity index (χ2n) is 5.21. The zero-order valence-electron chi connectivity index (χ0n) is 8.91. The van der Waals surface area contributed by atoms with Crippen LogP contribution in [0.5, 0.6) is 0 Å². The summed E-state index contributed by atoms with van der Waals surface area (Å²) < 4.78 is 0. The molecule has 4 atom stereocenters. The van der Waals surface area contributed by atoms with Crippen LogP contribution in [0.1, 0.15) is 6.92 Å². The summed E-state index contributed by atoms with van der Waals surface area (Å²) >= 11 is 2.15. The topological polar surface area (TPSA) is 15.3 Å². The van der Waals surface area contributed by atoms with Gasteiger partial charge in [-0.1, -0.05) is 6.92 Å². The number of hydrogen-bond donors (Lipinski definition) is 1. The molecule has 3 saturated heterocycles. The van der Waals surface area contributed by atoms with Gasteiger partial charge in [0.2, 0.25) is 0 Å². The second-order valence-corrected chi connectivity index (χ2v) is 6.29. The molecule has 3 fully saturated rings. The van der Waals surface area contributed by atoms with E-state index < -0.39 is 0 Å². The second kappa shape index (κ2) is 3.69. The molecular weight excluding hydrogens is 192 g/mol. The lowest BCUT2D eigenvalue weighted by Gasteiger charge is -2.27. The molecule has 3 heteroatoms. The summed E-state index contributed by atoms with van der Waals surface area (Å²) in [5, 5.41) is 3.51. The lowest BCUT2D eigenvalue weighted by Crippen LogP contribution is -2.39. The number of hydrogen-bond acceptors (Lipinski definition) is 3. The van der Waals surface area contributed by atoms with Crippen LogP contribution in [0.2, 0.25) is 0 Å². The lowest BCUT2D eigenvalue weighted by molar-refractivity contribution is 0.207. The van der Waals surface area contributed by atoms with Crippen LogP contribution in [0.15, 0.2) is 0 Å². The molecule has 1 N–H and O–H groups in total. The maximum Gasteiger partial charge on any atom is 0.0220 e. The van der Waals surface area contributed by atoms with Crippen LogP contribution in [0.3, 0.4) is 0 Å². The predicted octanol–water partition coefficient (Wildman–Crippen LogP) is 0.889. The zero-order valence-corrected chi connectivity index (χ0v) is 9.72. The van der Waals surface area contributed by atoms with Gasteiger partial charge in [-0.15, -0.1) is 0 Å². The van der Waals surface area contributed by atoms with Gasteiger partial charge < -0.3 is 5.32 Å². The number of rotatable bonds is 1. The van der Waals surface area contributed by atoms with Crippen LogP contribution in [0.25, 0.3) is 0 Å². The van der Waals surface area contributed by atoms with E-state index in [2.05, 4.69) is 28.9 Å². The molecule has 0 spiro atoms. The van der Waals surface area contributed by atoms with Gasteiger partial charge in [0, 0.05) is 24.9 Å². The summed E-state index contributed by atoms with van der Waals surface area (Å²) in [4.78, 5) is 2.78. The average Bonchev–Trinajstić information content (AvgIpc) is 2.75. The highest BCUT2D eigenvalue weighted by molar-refractivity contribution is 7.99. The van der Waals surface area contributed by atoms with E-state index in [1.54, 1.807) is 0 Å². The molecule has 3 aliphatic rings. The fourth-order valence-electron chi connectivity index (χ4n) is 3.28. The Balaban J connectivity index is 1.65. The Kier molecular flexibility index (Phi) is 2.50. The Morgan fingerprint density at radius 1 is 1.14 bits per heavy atom. The smallest absolute Gasteiger partial charge is 0.0220 e. The molecule has 3 heterocycles. The van der Waals surface area contributed by atoms with Gasteiger partial charge in [-0.25, -0.2) is 0 Å². The molecule has 0 aliphatic carbocycles. The molecule has 2 nitrogen and oxygen atoms in total. The number of nitrogens with one attached hydrogen (secondary N) is 1. The number of fused-ring (bicyclic) bond motifs is 1. The average molecular weight is 212 g/mol. The van der Waals surface area contributed by atoms with Crippen molar-refractivity contribution in [1.82, 2.24) is 10.2 Å². The summed E-state index contributed by atoms with van der Waals surface area (Å²) in [7, 11) is 0. The van der Waals surface area contributed by atoms with Crippen LogP contribution in [0, 0.1) is 17.8 Å². The molecule has 80 valence electrons. The van der Waals surface area contributed by atoms with Crippen LogP contribution in [-0.4, -0.2) is 48.6 Å². The van der Waals surface area contributed by atoms with Crippen LogP contribution in [0.4, 0.5) is 0 Å². The van der Waals surface area contributed by atoms with E-state index in [0.717, 1.165) is 23.8 Å². The van der Waals surface area contributed by atoms with E-state index in [0.29, 0.717) is 0 Å². The molecule has 0 amide bonds. The first-order chi connectivity index (χ1) is 6.84. The highest BCUT2D eigenvalue weighted by Crippen LogP contribution is 2.34. The number of likely N-dealkylation sites (tertiary alicyclic amines) is 1. The molecule has 0 aromatic carbocycles. The van der Waals surface area contributed by atoms with Gasteiger partial charge in [0.15, 0.2) is 0 Å². The maximum absolute atomic E-state index is 3.51. The van der Waals surface area contributed by atoms with E-state index in [-0.39, 0.29) is 0 Å². The quantitative estimate of drug-likeness (QED) is 0.695. The van der Waals surface area contributed by atoms with Gasteiger partial charge in [-0.05, 0) is 36.6 Å². The lowest BCUT2D eigenvalue weighted by atomic mass is 10.0. The largest absolute Gasteiger partial charge is 0.316 e. The molecule has 0 saturated carbocycles. The first-order valence-electron chi connectivity index (χ1n) is 5.87. The van der Waals surface area contributed by atoms with E-state index >= 15 is 0 Å². The zero-order chi connectivity index (χ0) is 9.54. The van der Waals surface area contributed by atoms with Gasteiger partial charge in [-0.2, -0.15) is 11.8 Å². The fraction of sp³-hybridized carbons (Fsp3) is 1.00. The van der Waals surface area contributed by atoms with E-state index in [1.807, 2.05) is 0 Å².